The summed E-state index contributed by atoms with van der Waals surface area (Å²) in [6.07, 6.45) is 2.77. The first-order valence-corrected chi connectivity index (χ1v) is 8.41. The molecule has 3 rings (SSSR count). The highest BCUT2D eigenvalue weighted by atomic mass is 79.9. The van der Waals surface area contributed by atoms with Crippen LogP contribution in [0.5, 0.6) is 0 Å². The molecular formula is C18H18BrNO. The van der Waals surface area contributed by atoms with E-state index in [1.807, 2.05) is 24.3 Å². The molecule has 1 N–H and O–H groups in total. The lowest BCUT2D eigenvalue weighted by Gasteiger charge is -2.23. The Morgan fingerprint density at radius 2 is 1.95 bits per heavy atom. The molecule has 1 aliphatic carbocycles. The van der Waals surface area contributed by atoms with Gasteiger partial charge in [0.2, 0.25) is 5.91 Å². The van der Waals surface area contributed by atoms with Crippen molar-refractivity contribution in [1.82, 2.24) is 0 Å². The average molecular weight is 344 g/mol. The molecule has 0 spiro atoms. The largest absolute Gasteiger partial charge is 0.326 e. The zero-order valence-corrected chi connectivity index (χ0v) is 13.4. The molecule has 108 valence electrons. The van der Waals surface area contributed by atoms with E-state index in [1.165, 1.54) is 16.7 Å². The Morgan fingerprint density at radius 1 is 1.14 bits per heavy atom. The van der Waals surface area contributed by atoms with Crippen LogP contribution in [-0.2, 0) is 23.0 Å². The van der Waals surface area contributed by atoms with Crippen LogP contribution in [0.3, 0.4) is 0 Å². The molecule has 21 heavy (non-hydrogen) atoms. The van der Waals surface area contributed by atoms with Gasteiger partial charge in [-0.3, -0.25) is 4.79 Å². The van der Waals surface area contributed by atoms with Gasteiger partial charge in [0.1, 0.15) is 0 Å². The van der Waals surface area contributed by atoms with E-state index in [9.17, 15) is 4.79 Å². The number of nitrogens with one attached hydrogen (secondary N) is 1. The third-order valence-electron chi connectivity index (χ3n) is 4.07. The van der Waals surface area contributed by atoms with Crippen LogP contribution in [-0.4, -0.2) is 5.91 Å². The zero-order chi connectivity index (χ0) is 14.7. The Balaban J connectivity index is 1.69. The molecule has 0 aliphatic heterocycles. The predicted octanol–water partition coefficient (Wildman–Crippen LogP) is 4.33. The molecule has 0 bridgehead atoms. The van der Waals surface area contributed by atoms with E-state index < -0.39 is 0 Å². The minimum Gasteiger partial charge on any atom is -0.326 e. The fourth-order valence-electron chi connectivity index (χ4n) is 2.90. The maximum atomic E-state index is 12.5. The number of fused-ring (bicyclic) bond motifs is 1. The van der Waals surface area contributed by atoms with Crippen molar-refractivity contribution in [2.24, 2.45) is 5.92 Å². The number of rotatable bonds is 3. The van der Waals surface area contributed by atoms with Gasteiger partial charge in [-0.1, -0.05) is 52.3 Å². The molecule has 2 aromatic carbocycles. The first kappa shape index (κ1) is 14.3. The minimum atomic E-state index is 0.0764. The minimum absolute atomic E-state index is 0.0764. The Labute approximate surface area is 133 Å². The Kier molecular flexibility index (Phi) is 4.39. The van der Waals surface area contributed by atoms with Crippen LogP contribution in [0.2, 0.25) is 0 Å². The highest BCUT2D eigenvalue weighted by Gasteiger charge is 2.24. The highest BCUT2D eigenvalue weighted by molar-refractivity contribution is 9.08. The summed E-state index contributed by atoms with van der Waals surface area (Å²) < 4.78 is 0. The molecule has 2 aromatic rings. The fourth-order valence-corrected chi connectivity index (χ4v) is 3.25. The summed E-state index contributed by atoms with van der Waals surface area (Å²) >= 11 is 3.44. The van der Waals surface area contributed by atoms with E-state index in [0.29, 0.717) is 0 Å². The van der Waals surface area contributed by atoms with Gasteiger partial charge in [-0.15, -0.1) is 0 Å². The van der Waals surface area contributed by atoms with Gasteiger partial charge in [0.05, 0.1) is 0 Å². The number of aryl methyl sites for hydroxylation is 1. The van der Waals surface area contributed by atoms with Gasteiger partial charge in [0.25, 0.3) is 0 Å². The molecule has 1 unspecified atom stereocenters. The van der Waals surface area contributed by atoms with Crippen molar-refractivity contribution in [3.63, 3.8) is 0 Å². The summed E-state index contributed by atoms with van der Waals surface area (Å²) in [7, 11) is 0. The highest BCUT2D eigenvalue weighted by Crippen LogP contribution is 2.26. The van der Waals surface area contributed by atoms with Crippen LogP contribution >= 0.6 is 15.9 Å². The summed E-state index contributed by atoms with van der Waals surface area (Å²) in [6.45, 7) is 0. The number of carbonyl (C=O) groups is 1. The molecule has 0 saturated heterocycles. The van der Waals surface area contributed by atoms with E-state index >= 15 is 0 Å². The molecule has 0 aromatic heterocycles. The topological polar surface area (TPSA) is 29.1 Å². The SMILES string of the molecule is O=C(Nc1cccc(CBr)c1)C1CCc2ccccc2C1. The van der Waals surface area contributed by atoms with Crippen molar-refractivity contribution in [2.75, 3.05) is 5.32 Å². The summed E-state index contributed by atoms with van der Waals surface area (Å²) in [5.41, 5.74) is 4.76. The average Bonchev–Trinajstić information content (AvgIpc) is 2.54. The van der Waals surface area contributed by atoms with Gasteiger partial charge in [-0.25, -0.2) is 0 Å². The molecule has 3 heteroatoms. The first-order valence-electron chi connectivity index (χ1n) is 7.29. The molecule has 0 radical (unpaired) electrons. The third-order valence-corrected chi connectivity index (χ3v) is 4.71. The molecule has 1 amide bonds. The van der Waals surface area contributed by atoms with Gasteiger partial charge in [-0.2, -0.15) is 0 Å². The van der Waals surface area contributed by atoms with Crippen LogP contribution in [0.25, 0.3) is 0 Å². The summed E-state index contributed by atoms with van der Waals surface area (Å²) in [6, 6.07) is 16.4. The van der Waals surface area contributed by atoms with Gasteiger partial charge < -0.3 is 5.32 Å². The standard InChI is InChI=1S/C18H18BrNO/c19-12-13-4-3-7-17(10-13)20-18(21)16-9-8-14-5-1-2-6-15(14)11-16/h1-7,10,16H,8-9,11-12H2,(H,20,21). The number of halogens is 1. The lowest BCUT2D eigenvalue weighted by molar-refractivity contribution is -0.120. The van der Waals surface area contributed by atoms with E-state index in [-0.39, 0.29) is 11.8 Å². The van der Waals surface area contributed by atoms with Crippen molar-refractivity contribution in [2.45, 2.75) is 24.6 Å². The third kappa shape index (κ3) is 3.35. The van der Waals surface area contributed by atoms with Crippen LogP contribution in [0.15, 0.2) is 48.5 Å². The van der Waals surface area contributed by atoms with Crippen molar-refractivity contribution >= 4 is 27.5 Å². The van der Waals surface area contributed by atoms with Crippen molar-refractivity contribution < 1.29 is 4.79 Å². The summed E-state index contributed by atoms with van der Waals surface area (Å²) in [5.74, 6) is 0.212. The second-order valence-electron chi connectivity index (χ2n) is 5.53. The lowest BCUT2D eigenvalue weighted by atomic mass is 9.83. The van der Waals surface area contributed by atoms with Gasteiger partial charge in [-0.05, 0) is 48.1 Å². The second-order valence-corrected chi connectivity index (χ2v) is 6.09. The van der Waals surface area contributed by atoms with Crippen LogP contribution < -0.4 is 5.32 Å². The van der Waals surface area contributed by atoms with E-state index in [1.54, 1.807) is 0 Å². The molecule has 0 heterocycles. The van der Waals surface area contributed by atoms with E-state index in [2.05, 4.69) is 45.5 Å². The zero-order valence-electron chi connectivity index (χ0n) is 11.8. The monoisotopic (exact) mass is 343 g/mol. The first-order chi connectivity index (χ1) is 10.3. The fraction of sp³-hybridized carbons (Fsp3) is 0.278. The number of hydrogen-bond donors (Lipinski definition) is 1. The molecule has 0 fully saturated rings. The van der Waals surface area contributed by atoms with Crippen molar-refractivity contribution in [3.8, 4) is 0 Å². The smallest absolute Gasteiger partial charge is 0.227 e. The van der Waals surface area contributed by atoms with Crippen LogP contribution in [0.1, 0.15) is 23.1 Å². The summed E-state index contributed by atoms with van der Waals surface area (Å²) in [4.78, 5) is 12.5. The van der Waals surface area contributed by atoms with Crippen molar-refractivity contribution in [1.29, 1.82) is 0 Å². The molecule has 1 atom stereocenters. The van der Waals surface area contributed by atoms with Gasteiger partial charge in [0.15, 0.2) is 0 Å². The lowest BCUT2D eigenvalue weighted by Crippen LogP contribution is -2.28. The van der Waals surface area contributed by atoms with Crippen LogP contribution in [0.4, 0.5) is 5.69 Å². The quantitative estimate of drug-likeness (QED) is 0.826. The molecule has 2 nitrogen and oxygen atoms in total. The van der Waals surface area contributed by atoms with E-state index in [0.717, 1.165) is 30.3 Å². The molecule has 1 aliphatic rings. The number of amides is 1. The van der Waals surface area contributed by atoms with Crippen LogP contribution in [0, 0.1) is 5.92 Å². The maximum absolute atomic E-state index is 12.5. The summed E-state index contributed by atoms with van der Waals surface area (Å²) in [5, 5.41) is 3.86. The predicted molar refractivity (Wildman–Crippen MR) is 89.7 cm³/mol. The van der Waals surface area contributed by atoms with Gasteiger partial charge >= 0.3 is 0 Å². The second kappa shape index (κ2) is 6.44. The molecule has 0 saturated carbocycles. The Bertz CT molecular complexity index is 653. The van der Waals surface area contributed by atoms with E-state index in [4.69, 9.17) is 0 Å². The normalized spacial score (nSPS) is 17.1. The van der Waals surface area contributed by atoms with Gasteiger partial charge in [0, 0.05) is 16.9 Å². The number of carbonyl (C=O) groups excluding carboxylic acids is 1. The maximum Gasteiger partial charge on any atom is 0.227 e. The Morgan fingerprint density at radius 3 is 2.76 bits per heavy atom. The van der Waals surface area contributed by atoms with Crippen molar-refractivity contribution in [3.05, 3.63) is 65.2 Å². The number of benzene rings is 2. The number of alkyl halides is 1. The number of hydrogen-bond acceptors (Lipinski definition) is 1. The molecular weight excluding hydrogens is 326 g/mol. The Hall–Kier alpha value is -1.61. The number of anilines is 1.